The predicted molar refractivity (Wildman–Crippen MR) is 83.7 cm³/mol. The highest BCUT2D eigenvalue weighted by Crippen LogP contribution is 2.32. The molecule has 2 heterocycles. The molecule has 0 radical (unpaired) electrons. The number of hydrogen-bond acceptors (Lipinski definition) is 5. The fourth-order valence-corrected chi connectivity index (χ4v) is 3.21. The highest BCUT2D eigenvalue weighted by molar-refractivity contribution is 7.16. The number of thiophene rings is 1. The molecule has 2 atom stereocenters. The van der Waals surface area contributed by atoms with Gasteiger partial charge in [0.1, 0.15) is 17.8 Å². The van der Waals surface area contributed by atoms with Crippen molar-refractivity contribution in [1.82, 2.24) is 5.32 Å². The standard InChI is InChI=1S/C15H18ClNO3S/c1-9(2)13(15(18)19-3)17-14(10-5-4-8-20-10)11-6-7-12(16)21-11/h4-9,13-14,17H,1-3H3. The van der Waals surface area contributed by atoms with Gasteiger partial charge in [-0.25, -0.2) is 0 Å². The van der Waals surface area contributed by atoms with Crippen LogP contribution >= 0.6 is 22.9 Å². The molecule has 0 amide bonds. The van der Waals surface area contributed by atoms with Crippen molar-refractivity contribution in [2.75, 3.05) is 7.11 Å². The lowest BCUT2D eigenvalue weighted by Gasteiger charge is -2.24. The van der Waals surface area contributed by atoms with E-state index in [1.54, 1.807) is 6.26 Å². The minimum Gasteiger partial charge on any atom is -0.468 e. The fourth-order valence-electron chi connectivity index (χ4n) is 2.08. The van der Waals surface area contributed by atoms with E-state index in [1.807, 2.05) is 38.1 Å². The highest BCUT2D eigenvalue weighted by atomic mass is 35.5. The summed E-state index contributed by atoms with van der Waals surface area (Å²) in [4.78, 5) is 12.9. The first kappa shape index (κ1) is 16.1. The summed E-state index contributed by atoms with van der Waals surface area (Å²) in [6.07, 6.45) is 1.61. The Labute approximate surface area is 133 Å². The van der Waals surface area contributed by atoms with E-state index >= 15 is 0 Å². The van der Waals surface area contributed by atoms with Crippen LogP contribution in [0.5, 0.6) is 0 Å². The average Bonchev–Trinajstić information content (AvgIpc) is 3.10. The van der Waals surface area contributed by atoms with E-state index < -0.39 is 6.04 Å². The number of carbonyl (C=O) groups is 1. The Kier molecular flexibility index (Phi) is 5.45. The second kappa shape index (κ2) is 7.11. The maximum absolute atomic E-state index is 12.0. The topological polar surface area (TPSA) is 51.5 Å². The Balaban J connectivity index is 2.30. The van der Waals surface area contributed by atoms with Crippen LogP contribution < -0.4 is 5.32 Å². The number of esters is 1. The van der Waals surface area contributed by atoms with Crippen molar-refractivity contribution in [2.45, 2.75) is 25.9 Å². The first-order valence-corrected chi connectivity index (χ1v) is 7.85. The number of rotatable bonds is 6. The number of halogens is 1. The molecular formula is C15H18ClNO3S. The van der Waals surface area contributed by atoms with Gasteiger partial charge in [-0.05, 0) is 30.2 Å². The van der Waals surface area contributed by atoms with Gasteiger partial charge in [-0.2, -0.15) is 0 Å². The van der Waals surface area contributed by atoms with Crippen molar-refractivity contribution in [1.29, 1.82) is 0 Å². The van der Waals surface area contributed by atoms with Crippen LogP contribution in [0.15, 0.2) is 34.9 Å². The van der Waals surface area contributed by atoms with Crippen LogP contribution in [0, 0.1) is 5.92 Å². The fraction of sp³-hybridized carbons (Fsp3) is 0.400. The molecule has 0 aliphatic carbocycles. The zero-order valence-corrected chi connectivity index (χ0v) is 13.7. The average molecular weight is 328 g/mol. The molecule has 0 saturated heterocycles. The zero-order valence-electron chi connectivity index (χ0n) is 12.1. The molecule has 114 valence electrons. The van der Waals surface area contributed by atoms with E-state index in [0.29, 0.717) is 4.34 Å². The van der Waals surface area contributed by atoms with Crippen molar-refractivity contribution < 1.29 is 13.9 Å². The van der Waals surface area contributed by atoms with E-state index in [1.165, 1.54) is 18.4 Å². The molecule has 2 rings (SSSR count). The van der Waals surface area contributed by atoms with Crippen LogP contribution in [0.4, 0.5) is 0 Å². The number of hydrogen-bond donors (Lipinski definition) is 1. The van der Waals surface area contributed by atoms with Crippen LogP contribution in [0.25, 0.3) is 0 Å². The summed E-state index contributed by atoms with van der Waals surface area (Å²) in [6, 6.07) is 6.81. The Morgan fingerprint density at radius 3 is 2.62 bits per heavy atom. The maximum Gasteiger partial charge on any atom is 0.323 e. The molecule has 2 aromatic heterocycles. The van der Waals surface area contributed by atoms with Crippen LogP contribution in [-0.2, 0) is 9.53 Å². The lowest BCUT2D eigenvalue weighted by atomic mass is 10.0. The van der Waals surface area contributed by atoms with Crippen molar-refractivity contribution in [2.24, 2.45) is 5.92 Å². The van der Waals surface area contributed by atoms with Gasteiger partial charge in [-0.15, -0.1) is 11.3 Å². The molecular weight excluding hydrogens is 310 g/mol. The minimum absolute atomic E-state index is 0.0883. The lowest BCUT2D eigenvalue weighted by molar-refractivity contribution is -0.144. The summed E-state index contributed by atoms with van der Waals surface area (Å²) in [5.41, 5.74) is 0. The van der Waals surface area contributed by atoms with Gasteiger partial charge in [0.25, 0.3) is 0 Å². The SMILES string of the molecule is COC(=O)C(NC(c1ccco1)c1ccc(Cl)s1)C(C)C. The summed E-state index contributed by atoms with van der Waals surface area (Å²) in [7, 11) is 1.39. The largest absolute Gasteiger partial charge is 0.468 e. The van der Waals surface area contributed by atoms with Crippen LogP contribution in [0.2, 0.25) is 4.34 Å². The van der Waals surface area contributed by atoms with Crippen molar-refractivity contribution in [3.05, 3.63) is 45.5 Å². The molecule has 1 N–H and O–H groups in total. The lowest BCUT2D eigenvalue weighted by Crippen LogP contribution is -2.43. The number of ether oxygens (including phenoxy) is 1. The van der Waals surface area contributed by atoms with E-state index in [2.05, 4.69) is 5.32 Å². The quantitative estimate of drug-likeness (QED) is 0.818. The normalized spacial score (nSPS) is 14.1. The Bertz CT molecular complexity index is 580. The third kappa shape index (κ3) is 3.87. The van der Waals surface area contributed by atoms with Gasteiger partial charge in [-0.3, -0.25) is 10.1 Å². The molecule has 0 aliphatic rings. The molecule has 0 spiro atoms. The molecule has 0 bridgehead atoms. The van der Waals surface area contributed by atoms with E-state index in [0.717, 1.165) is 10.6 Å². The number of furan rings is 1. The summed E-state index contributed by atoms with van der Waals surface area (Å²) < 4.78 is 11.1. The van der Waals surface area contributed by atoms with Gasteiger partial charge in [0, 0.05) is 4.88 Å². The molecule has 0 fully saturated rings. The number of carbonyl (C=O) groups excluding carboxylic acids is 1. The summed E-state index contributed by atoms with van der Waals surface area (Å²) in [5, 5.41) is 3.32. The molecule has 2 aromatic rings. The third-order valence-electron chi connectivity index (χ3n) is 3.17. The molecule has 21 heavy (non-hydrogen) atoms. The van der Waals surface area contributed by atoms with Crippen molar-refractivity contribution >= 4 is 28.9 Å². The molecule has 2 unspecified atom stereocenters. The first-order chi connectivity index (χ1) is 10.0. The van der Waals surface area contributed by atoms with Gasteiger partial charge >= 0.3 is 5.97 Å². The smallest absolute Gasteiger partial charge is 0.323 e. The first-order valence-electron chi connectivity index (χ1n) is 6.65. The van der Waals surface area contributed by atoms with Crippen molar-refractivity contribution in [3.63, 3.8) is 0 Å². The second-order valence-corrected chi connectivity index (χ2v) is 6.75. The van der Waals surface area contributed by atoms with E-state index in [4.69, 9.17) is 20.8 Å². The Hall–Kier alpha value is -1.30. The van der Waals surface area contributed by atoms with Gasteiger partial charge in [0.15, 0.2) is 0 Å². The van der Waals surface area contributed by atoms with Gasteiger partial charge < -0.3 is 9.15 Å². The molecule has 0 saturated carbocycles. The molecule has 0 aliphatic heterocycles. The van der Waals surface area contributed by atoms with Gasteiger partial charge in [0.05, 0.1) is 17.7 Å². The maximum atomic E-state index is 12.0. The summed E-state index contributed by atoms with van der Waals surface area (Å²) in [6.45, 7) is 3.93. The molecule has 0 aromatic carbocycles. The van der Waals surface area contributed by atoms with Crippen LogP contribution in [0.1, 0.15) is 30.5 Å². The van der Waals surface area contributed by atoms with Crippen molar-refractivity contribution in [3.8, 4) is 0 Å². The Morgan fingerprint density at radius 2 is 2.14 bits per heavy atom. The third-order valence-corrected chi connectivity index (χ3v) is 4.47. The van der Waals surface area contributed by atoms with Crippen LogP contribution in [-0.4, -0.2) is 19.1 Å². The Morgan fingerprint density at radius 1 is 1.38 bits per heavy atom. The predicted octanol–water partition coefficient (Wildman–Crippen LogP) is 3.87. The second-order valence-electron chi connectivity index (χ2n) is 5.00. The summed E-state index contributed by atoms with van der Waals surface area (Å²) in [5.74, 6) is 0.539. The number of nitrogens with one attached hydrogen (secondary N) is 1. The number of methoxy groups -OCH3 is 1. The molecule has 4 nitrogen and oxygen atoms in total. The van der Waals surface area contributed by atoms with E-state index in [-0.39, 0.29) is 17.9 Å². The van der Waals surface area contributed by atoms with Crippen LogP contribution in [0.3, 0.4) is 0 Å². The highest BCUT2D eigenvalue weighted by Gasteiger charge is 2.29. The molecule has 6 heteroatoms. The minimum atomic E-state index is -0.425. The van der Waals surface area contributed by atoms with Gasteiger partial charge in [-0.1, -0.05) is 25.4 Å². The van der Waals surface area contributed by atoms with Gasteiger partial charge in [0.2, 0.25) is 0 Å². The monoisotopic (exact) mass is 327 g/mol. The zero-order chi connectivity index (χ0) is 15.4. The van der Waals surface area contributed by atoms with E-state index in [9.17, 15) is 4.79 Å². The summed E-state index contributed by atoms with van der Waals surface area (Å²) >= 11 is 7.48.